The molecule has 0 unspecified atom stereocenters. The highest BCUT2D eigenvalue weighted by Gasteiger charge is 2.05. The fourth-order valence-electron chi connectivity index (χ4n) is 1.64. The topological polar surface area (TPSA) is 15.3 Å². The Labute approximate surface area is 111 Å². The number of nitrogens with zero attached hydrogens (tertiary/aromatic N) is 1. The molecule has 0 atom stereocenters. The Morgan fingerprint density at radius 3 is 2.76 bits per heavy atom. The van der Waals surface area contributed by atoms with Crippen molar-refractivity contribution in [2.45, 2.75) is 6.54 Å². The van der Waals surface area contributed by atoms with Crippen LogP contribution in [0.25, 0.3) is 0 Å². The Hall–Kier alpha value is -1.19. The highest BCUT2D eigenvalue weighted by Crippen LogP contribution is 2.28. The number of benzene rings is 1. The van der Waals surface area contributed by atoms with E-state index in [4.69, 9.17) is 11.6 Å². The Morgan fingerprint density at radius 1 is 1.29 bits per heavy atom. The van der Waals surface area contributed by atoms with Gasteiger partial charge in [0.2, 0.25) is 0 Å². The molecule has 0 amide bonds. The van der Waals surface area contributed by atoms with Gasteiger partial charge >= 0.3 is 0 Å². The molecule has 1 N–H and O–H groups in total. The Bertz CT molecular complexity index is 480. The fourth-order valence-corrected chi connectivity index (χ4v) is 2.45. The number of thiophene rings is 1. The lowest BCUT2D eigenvalue weighted by atomic mass is 10.2. The molecule has 1 aromatic heterocycles. The van der Waals surface area contributed by atoms with Crippen LogP contribution in [0.5, 0.6) is 0 Å². The van der Waals surface area contributed by atoms with Gasteiger partial charge in [-0.25, -0.2) is 0 Å². The summed E-state index contributed by atoms with van der Waals surface area (Å²) in [6.07, 6.45) is 0. The van der Waals surface area contributed by atoms with Crippen molar-refractivity contribution in [2.24, 2.45) is 0 Å². The van der Waals surface area contributed by atoms with Crippen LogP contribution in [0, 0.1) is 0 Å². The van der Waals surface area contributed by atoms with Crippen LogP contribution >= 0.6 is 22.9 Å². The molecule has 1 aromatic carbocycles. The van der Waals surface area contributed by atoms with Gasteiger partial charge in [0.05, 0.1) is 11.4 Å². The lowest BCUT2D eigenvalue weighted by Gasteiger charge is -2.18. The van der Waals surface area contributed by atoms with Crippen molar-refractivity contribution >= 4 is 34.3 Å². The molecule has 0 aliphatic rings. The molecule has 1 heterocycles. The molecule has 0 aliphatic heterocycles. The smallest absolute Gasteiger partial charge is 0.0597 e. The zero-order valence-electron chi connectivity index (χ0n) is 9.90. The summed E-state index contributed by atoms with van der Waals surface area (Å²) in [6, 6.07) is 10.1. The van der Waals surface area contributed by atoms with Crippen molar-refractivity contribution in [1.82, 2.24) is 0 Å². The van der Waals surface area contributed by atoms with Crippen molar-refractivity contribution in [1.29, 1.82) is 0 Å². The first-order chi connectivity index (χ1) is 8.16. The normalized spacial score (nSPS) is 10.3. The van der Waals surface area contributed by atoms with Crippen molar-refractivity contribution in [3.63, 3.8) is 0 Å². The standard InChI is InChI=1S/C13H15ClN2S/c1-16(2)13-6-5-10(14)8-12(13)15-9-11-4-3-7-17-11/h3-8,15H,9H2,1-2H3. The van der Waals surface area contributed by atoms with E-state index < -0.39 is 0 Å². The Kier molecular flexibility index (Phi) is 3.92. The van der Waals surface area contributed by atoms with Crippen LogP contribution in [0.2, 0.25) is 5.02 Å². The molecule has 0 saturated carbocycles. The number of anilines is 2. The molecule has 0 fully saturated rings. The van der Waals surface area contributed by atoms with E-state index in [-0.39, 0.29) is 0 Å². The van der Waals surface area contributed by atoms with E-state index in [2.05, 4.69) is 27.7 Å². The van der Waals surface area contributed by atoms with Gasteiger partial charge < -0.3 is 10.2 Å². The molecule has 90 valence electrons. The molecule has 2 rings (SSSR count). The predicted molar refractivity (Wildman–Crippen MR) is 77.4 cm³/mol. The van der Waals surface area contributed by atoms with Crippen molar-refractivity contribution in [3.8, 4) is 0 Å². The minimum Gasteiger partial charge on any atom is -0.378 e. The fraction of sp³-hybridized carbons (Fsp3) is 0.231. The second kappa shape index (κ2) is 5.43. The van der Waals surface area contributed by atoms with Crippen LogP contribution in [0.3, 0.4) is 0 Å². The maximum absolute atomic E-state index is 6.03. The summed E-state index contributed by atoms with van der Waals surface area (Å²) in [5.41, 5.74) is 2.21. The molecule has 0 aliphatic carbocycles. The summed E-state index contributed by atoms with van der Waals surface area (Å²) in [4.78, 5) is 3.39. The van der Waals surface area contributed by atoms with Crippen LogP contribution in [-0.4, -0.2) is 14.1 Å². The number of nitrogens with one attached hydrogen (secondary N) is 1. The molecular weight excluding hydrogens is 252 g/mol. The zero-order chi connectivity index (χ0) is 12.3. The highest BCUT2D eigenvalue weighted by molar-refractivity contribution is 7.09. The van der Waals surface area contributed by atoms with E-state index >= 15 is 0 Å². The third-order valence-electron chi connectivity index (χ3n) is 2.47. The first-order valence-electron chi connectivity index (χ1n) is 5.40. The molecule has 0 bridgehead atoms. The van der Waals surface area contributed by atoms with Gasteiger partial charge in [-0.3, -0.25) is 0 Å². The summed E-state index contributed by atoms with van der Waals surface area (Å²) < 4.78 is 0. The van der Waals surface area contributed by atoms with Crippen LogP contribution in [0.4, 0.5) is 11.4 Å². The number of rotatable bonds is 4. The quantitative estimate of drug-likeness (QED) is 0.897. The Morgan fingerprint density at radius 2 is 2.12 bits per heavy atom. The largest absolute Gasteiger partial charge is 0.378 e. The first-order valence-corrected chi connectivity index (χ1v) is 6.65. The van der Waals surface area contributed by atoms with E-state index in [0.717, 1.165) is 22.9 Å². The molecule has 0 radical (unpaired) electrons. The van der Waals surface area contributed by atoms with Gasteiger partial charge in [-0.05, 0) is 29.6 Å². The minimum atomic E-state index is 0.754. The second-order valence-corrected chi connectivity index (χ2v) is 5.46. The summed E-state index contributed by atoms with van der Waals surface area (Å²) in [6.45, 7) is 0.832. The molecule has 4 heteroatoms. The maximum Gasteiger partial charge on any atom is 0.0597 e. The molecule has 2 aromatic rings. The van der Waals surface area contributed by atoms with Crippen molar-refractivity contribution in [2.75, 3.05) is 24.3 Å². The average molecular weight is 267 g/mol. The maximum atomic E-state index is 6.03. The van der Waals surface area contributed by atoms with E-state index in [1.807, 2.05) is 32.3 Å². The van der Waals surface area contributed by atoms with E-state index in [0.29, 0.717) is 0 Å². The molecule has 0 saturated heterocycles. The number of hydrogen-bond donors (Lipinski definition) is 1. The van der Waals surface area contributed by atoms with Gasteiger partial charge in [0.25, 0.3) is 0 Å². The first kappa shape index (κ1) is 12.3. The molecular formula is C13H15ClN2S. The van der Waals surface area contributed by atoms with Gasteiger partial charge in [0.1, 0.15) is 0 Å². The van der Waals surface area contributed by atoms with Crippen LogP contribution in [-0.2, 0) is 6.54 Å². The lowest BCUT2D eigenvalue weighted by Crippen LogP contribution is -2.11. The van der Waals surface area contributed by atoms with Crippen LogP contribution in [0.15, 0.2) is 35.7 Å². The van der Waals surface area contributed by atoms with Gasteiger partial charge in [-0.2, -0.15) is 0 Å². The van der Waals surface area contributed by atoms with Gasteiger partial charge in [0.15, 0.2) is 0 Å². The highest BCUT2D eigenvalue weighted by atomic mass is 35.5. The molecule has 0 spiro atoms. The SMILES string of the molecule is CN(C)c1ccc(Cl)cc1NCc1cccs1. The summed E-state index contributed by atoms with van der Waals surface area (Å²) >= 11 is 7.78. The monoisotopic (exact) mass is 266 g/mol. The van der Waals surface area contributed by atoms with E-state index in [1.165, 1.54) is 4.88 Å². The summed E-state index contributed by atoms with van der Waals surface area (Å²) in [7, 11) is 4.05. The summed E-state index contributed by atoms with van der Waals surface area (Å²) in [5, 5.41) is 6.26. The van der Waals surface area contributed by atoms with Crippen LogP contribution < -0.4 is 10.2 Å². The van der Waals surface area contributed by atoms with E-state index in [9.17, 15) is 0 Å². The third kappa shape index (κ3) is 3.14. The summed E-state index contributed by atoms with van der Waals surface area (Å²) in [5.74, 6) is 0. The van der Waals surface area contributed by atoms with Crippen molar-refractivity contribution < 1.29 is 0 Å². The predicted octanol–water partition coefficient (Wildman–Crippen LogP) is 4.08. The number of hydrogen-bond acceptors (Lipinski definition) is 3. The molecule has 2 nitrogen and oxygen atoms in total. The van der Waals surface area contributed by atoms with Gasteiger partial charge in [-0.15, -0.1) is 11.3 Å². The lowest BCUT2D eigenvalue weighted by molar-refractivity contribution is 1.11. The van der Waals surface area contributed by atoms with E-state index in [1.54, 1.807) is 11.3 Å². The molecule has 17 heavy (non-hydrogen) atoms. The van der Waals surface area contributed by atoms with Gasteiger partial charge in [-0.1, -0.05) is 17.7 Å². The van der Waals surface area contributed by atoms with Crippen molar-refractivity contribution in [3.05, 3.63) is 45.6 Å². The van der Waals surface area contributed by atoms with Crippen LogP contribution in [0.1, 0.15) is 4.88 Å². The van der Waals surface area contributed by atoms with Gasteiger partial charge in [0, 0.05) is 30.5 Å². The Balaban J connectivity index is 2.16. The average Bonchev–Trinajstić information content (AvgIpc) is 2.78. The minimum absolute atomic E-state index is 0.754. The number of halogens is 1. The third-order valence-corrected chi connectivity index (χ3v) is 3.59. The zero-order valence-corrected chi connectivity index (χ0v) is 11.5. The second-order valence-electron chi connectivity index (χ2n) is 3.99.